The molecule has 1 saturated carbocycles. The van der Waals surface area contributed by atoms with Crippen molar-refractivity contribution < 1.29 is 5.11 Å². The van der Waals surface area contributed by atoms with Gasteiger partial charge < -0.3 is 10.4 Å². The van der Waals surface area contributed by atoms with Gasteiger partial charge >= 0.3 is 0 Å². The zero-order chi connectivity index (χ0) is 8.39. The van der Waals surface area contributed by atoms with Gasteiger partial charge in [0, 0.05) is 23.6 Å². The van der Waals surface area contributed by atoms with Crippen LogP contribution in [-0.4, -0.2) is 34.8 Å². The summed E-state index contributed by atoms with van der Waals surface area (Å²) >= 11 is 2.01. The normalized spacial score (nSPS) is 37.8. The molecule has 3 heteroatoms. The highest BCUT2D eigenvalue weighted by molar-refractivity contribution is 8.00. The van der Waals surface area contributed by atoms with E-state index in [4.69, 9.17) is 0 Å². The minimum atomic E-state index is -0.101. The molecule has 2 fully saturated rings. The van der Waals surface area contributed by atoms with E-state index in [2.05, 4.69) is 5.32 Å². The number of thioether (sulfide) groups is 1. The van der Waals surface area contributed by atoms with Crippen LogP contribution in [0.15, 0.2) is 0 Å². The largest absolute Gasteiger partial charge is 0.391 e. The number of aliphatic hydroxyl groups excluding tert-OH is 1. The third-order valence-electron chi connectivity index (χ3n) is 2.80. The van der Waals surface area contributed by atoms with Crippen LogP contribution in [-0.2, 0) is 0 Å². The molecule has 70 valence electrons. The second-order valence-corrected chi connectivity index (χ2v) is 5.35. The second kappa shape index (κ2) is 3.99. The van der Waals surface area contributed by atoms with Gasteiger partial charge in [0.1, 0.15) is 0 Å². The number of hydrogen-bond acceptors (Lipinski definition) is 3. The maximum absolute atomic E-state index is 9.57. The van der Waals surface area contributed by atoms with Crippen LogP contribution < -0.4 is 5.32 Å². The maximum atomic E-state index is 9.57. The fourth-order valence-electron chi connectivity index (χ4n) is 2.05. The summed E-state index contributed by atoms with van der Waals surface area (Å²) in [4.78, 5) is 0. The molecule has 2 rings (SSSR count). The zero-order valence-corrected chi connectivity index (χ0v) is 8.15. The first kappa shape index (κ1) is 8.85. The van der Waals surface area contributed by atoms with Crippen LogP contribution in [0, 0.1) is 0 Å². The van der Waals surface area contributed by atoms with Gasteiger partial charge in [-0.05, 0) is 12.8 Å². The predicted octanol–water partition coefficient (Wildman–Crippen LogP) is 0.995. The van der Waals surface area contributed by atoms with Gasteiger partial charge in [0.15, 0.2) is 0 Å². The van der Waals surface area contributed by atoms with Crippen molar-refractivity contribution in [3.8, 4) is 0 Å². The molecule has 0 spiro atoms. The lowest BCUT2D eigenvalue weighted by molar-refractivity contribution is 0.201. The van der Waals surface area contributed by atoms with Crippen LogP contribution in [0.2, 0.25) is 0 Å². The molecule has 2 unspecified atom stereocenters. The molecule has 2 N–H and O–H groups in total. The summed E-state index contributed by atoms with van der Waals surface area (Å²) in [6, 6.07) is 0. The average Bonchev–Trinajstić information content (AvgIpc) is 2.65. The van der Waals surface area contributed by atoms with E-state index in [0.717, 1.165) is 18.3 Å². The molecule has 0 amide bonds. The van der Waals surface area contributed by atoms with Crippen LogP contribution in [0.25, 0.3) is 0 Å². The van der Waals surface area contributed by atoms with E-state index in [0.29, 0.717) is 5.25 Å². The van der Waals surface area contributed by atoms with E-state index in [-0.39, 0.29) is 6.10 Å². The quantitative estimate of drug-likeness (QED) is 0.676. The minimum Gasteiger partial charge on any atom is -0.391 e. The van der Waals surface area contributed by atoms with E-state index in [1.807, 2.05) is 11.8 Å². The first-order chi connectivity index (χ1) is 5.86. The van der Waals surface area contributed by atoms with Crippen LogP contribution in [0.4, 0.5) is 0 Å². The van der Waals surface area contributed by atoms with Crippen molar-refractivity contribution in [3.63, 3.8) is 0 Å². The van der Waals surface area contributed by atoms with Crippen LogP contribution in [0.5, 0.6) is 0 Å². The SMILES string of the molecule is OC1CNCC1SC1CCCC1. The van der Waals surface area contributed by atoms with Gasteiger partial charge in [-0.3, -0.25) is 0 Å². The van der Waals surface area contributed by atoms with Gasteiger partial charge in [0.2, 0.25) is 0 Å². The van der Waals surface area contributed by atoms with E-state index in [1.54, 1.807) is 0 Å². The summed E-state index contributed by atoms with van der Waals surface area (Å²) in [6.45, 7) is 1.80. The molecule has 0 bridgehead atoms. The first-order valence-corrected chi connectivity index (χ1v) is 5.85. The maximum Gasteiger partial charge on any atom is 0.0795 e. The van der Waals surface area contributed by atoms with E-state index < -0.39 is 0 Å². The summed E-state index contributed by atoms with van der Waals surface area (Å²) in [5.41, 5.74) is 0. The third-order valence-corrected chi connectivity index (χ3v) is 4.48. The number of hydrogen-bond donors (Lipinski definition) is 2. The topological polar surface area (TPSA) is 32.3 Å². The highest BCUT2D eigenvalue weighted by atomic mass is 32.2. The molecular formula is C9H17NOS. The number of nitrogens with one attached hydrogen (secondary N) is 1. The van der Waals surface area contributed by atoms with E-state index in [1.165, 1.54) is 25.7 Å². The molecule has 2 aliphatic rings. The number of aliphatic hydroxyl groups is 1. The Bertz CT molecular complexity index is 147. The molecule has 1 aliphatic heterocycles. The zero-order valence-electron chi connectivity index (χ0n) is 7.33. The van der Waals surface area contributed by atoms with Crippen molar-refractivity contribution >= 4 is 11.8 Å². The van der Waals surface area contributed by atoms with E-state index >= 15 is 0 Å². The highest BCUT2D eigenvalue weighted by Gasteiger charge is 2.29. The molecular weight excluding hydrogens is 170 g/mol. The molecule has 0 aromatic heterocycles. The lowest BCUT2D eigenvalue weighted by Crippen LogP contribution is -2.22. The fraction of sp³-hybridized carbons (Fsp3) is 1.00. The lowest BCUT2D eigenvalue weighted by Gasteiger charge is -2.17. The Morgan fingerprint density at radius 2 is 1.92 bits per heavy atom. The van der Waals surface area contributed by atoms with Gasteiger partial charge in [-0.25, -0.2) is 0 Å². The van der Waals surface area contributed by atoms with Crippen LogP contribution >= 0.6 is 11.8 Å². The molecule has 1 aliphatic carbocycles. The van der Waals surface area contributed by atoms with Gasteiger partial charge in [0.25, 0.3) is 0 Å². The summed E-state index contributed by atoms with van der Waals surface area (Å²) in [5.74, 6) is 0. The molecule has 2 nitrogen and oxygen atoms in total. The Morgan fingerprint density at radius 1 is 1.17 bits per heavy atom. The fourth-order valence-corrected chi connectivity index (χ4v) is 3.64. The van der Waals surface area contributed by atoms with Gasteiger partial charge in [-0.1, -0.05) is 12.8 Å². The van der Waals surface area contributed by atoms with Crippen LogP contribution in [0.3, 0.4) is 0 Å². The minimum absolute atomic E-state index is 0.101. The van der Waals surface area contributed by atoms with Crippen molar-refractivity contribution in [1.82, 2.24) is 5.32 Å². The smallest absolute Gasteiger partial charge is 0.0795 e. The van der Waals surface area contributed by atoms with Gasteiger partial charge in [-0.2, -0.15) is 11.8 Å². The van der Waals surface area contributed by atoms with Crippen molar-refractivity contribution in [1.29, 1.82) is 0 Å². The summed E-state index contributed by atoms with van der Waals surface area (Å²) < 4.78 is 0. The summed E-state index contributed by atoms with van der Waals surface area (Å²) in [5, 5.41) is 14.1. The van der Waals surface area contributed by atoms with Crippen molar-refractivity contribution in [2.45, 2.75) is 42.3 Å². The number of rotatable bonds is 2. The third kappa shape index (κ3) is 1.95. The molecule has 0 aromatic carbocycles. The average molecular weight is 187 g/mol. The number of β-amino-alcohol motifs (C(OH)–C–C–N with tert-alkyl or cyclic N) is 1. The first-order valence-electron chi connectivity index (χ1n) is 4.90. The molecule has 1 saturated heterocycles. The predicted molar refractivity (Wildman–Crippen MR) is 52.5 cm³/mol. The standard InChI is InChI=1S/C9H17NOS/c11-8-5-10-6-9(8)12-7-3-1-2-4-7/h7-11H,1-6H2. The highest BCUT2D eigenvalue weighted by Crippen LogP contribution is 2.33. The molecule has 12 heavy (non-hydrogen) atoms. The molecule has 1 heterocycles. The Labute approximate surface area is 78.1 Å². The lowest BCUT2D eigenvalue weighted by atomic mass is 10.3. The monoisotopic (exact) mass is 187 g/mol. The van der Waals surface area contributed by atoms with Gasteiger partial charge in [0.05, 0.1) is 6.10 Å². The Balaban J connectivity index is 1.77. The Morgan fingerprint density at radius 3 is 2.50 bits per heavy atom. The van der Waals surface area contributed by atoms with Crippen molar-refractivity contribution in [2.75, 3.05) is 13.1 Å². The van der Waals surface area contributed by atoms with E-state index in [9.17, 15) is 5.11 Å². The van der Waals surface area contributed by atoms with Crippen LogP contribution in [0.1, 0.15) is 25.7 Å². The summed E-state index contributed by atoms with van der Waals surface area (Å²) in [6.07, 6.45) is 5.43. The van der Waals surface area contributed by atoms with Crippen molar-refractivity contribution in [2.24, 2.45) is 0 Å². The van der Waals surface area contributed by atoms with Gasteiger partial charge in [-0.15, -0.1) is 0 Å². The van der Waals surface area contributed by atoms with Crippen molar-refractivity contribution in [3.05, 3.63) is 0 Å². The molecule has 0 aromatic rings. The molecule has 2 atom stereocenters. The Kier molecular flexibility index (Phi) is 2.94. The summed E-state index contributed by atoms with van der Waals surface area (Å²) in [7, 11) is 0. The second-order valence-electron chi connectivity index (χ2n) is 3.81. The Hall–Kier alpha value is 0.270. The molecule has 0 radical (unpaired) electrons.